The Morgan fingerprint density at radius 1 is 0.867 bits per heavy atom. The van der Waals surface area contributed by atoms with E-state index in [1.807, 2.05) is 18.2 Å². The molecular weight excluding hydrogens is 384 g/mol. The molecule has 0 aromatic heterocycles. The zero-order valence-corrected chi connectivity index (χ0v) is 16.2. The van der Waals surface area contributed by atoms with Crippen LogP contribution in [-0.4, -0.2) is 0 Å². The molecule has 1 saturated carbocycles. The molecular formula is C25H19F2NO2. The Morgan fingerprint density at radius 3 is 2.23 bits per heavy atom. The first-order valence-electron chi connectivity index (χ1n) is 10.1. The summed E-state index contributed by atoms with van der Waals surface area (Å²) in [6, 6.07) is 17.2. The van der Waals surface area contributed by atoms with Crippen molar-refractivity contribution >= 4 is 0 Å². The van der Waals surface area contributed by atoms with E-state index in [4.69, 9.17) is 14.7 Å². The standard InChI is InChI=1S/C25H19F2NO2/c26-21-13-22(27)25(30-19-7-1-15(14-28)2-8-19)20-11-12-23(24(20)21)29-18-9-5-17(6-10-18)16-3-4-16/h1-2,5-10,13,16,23H,3-4,11-12H2. The lowest BCUT2D eigenvalue weighted by molar-refractivity contribution is 0.203. The van der Waals surface area contributed by atoms with E-state index in [0.717, 1.165) is 6.07 Å². The molecule has 150 valence electrons. The molecule has 2 aliphatic rings. The van der Waals surface area contributed by atoms with Crippen molar-refractivity contribution in [3.8, 4) is 23.3 Å². The number of fused-ring (bicyclic) bond motifs is 1. The lowest BCUT2D eigenvalue weighted by Gasteiger charge is -2.17. The number of nitrogens with zero attached hydrogens (tertiary/aromatic N) is 1. The monoisotopic (exact) mass is 403 g/mol. The highest BCUT2D eigenvalue weighted by molar-refractivity contribution is 5.49. The maximum Gasteiger partial charge on any atom is 0.168 e. The normalized spacial score (nSPS) is 17.3. The van der Waals surface area contributed by atoms with Crippen molar-refractivity contribution in [2.45, 2.75) is 37.7 Å². The van der Waals surface area contributed by atoms with Crippen molar-refractivity contribution in [3.63, 3.8) is 0 Å². The maximum atomic E-state index is 14.7. The molecule has 3 aromatic carbocycles. The minimum Gasteiger partial charge on any atom is -0.486 e. The first-order valence-corrected chi connectivity index (χ1v) is 10.1. The average Bonchev–Trinajstić information content (AvgIpc) is 3.52. The summed E-state index contributed by atoms with van der Waals surface area (Å²) < 4.78 is 41.1. The van der Waals surface area contributed by atoms with Gasteiger partial charge in [0.2, 0.25) is 0 Å². The molecule has 1 unspecified atom stereocenters. The van der Waals surface area contributed by atoms with Crippen molar-refractivity contribution in [2.24, 2.45) is 0 Å². The van der Waals surface area contributed by atoms with E-state index in [0.29, 0.717) is 46.9 Å². The number of benzene rings is 3. The van der Waals surface area contributed by atoms with E-state index in [1.54, 1.807) is 24.3 Å². The van der Waals surface area contributed by atoms with Crippen molar-refractivity contribution in [1.29, 1.82) is 5.26 Å². The molecule has 5 heteroatoms. The Labute approximate surface area is 173 Å². The van der Waals surface area contributed by atoms with Gasteiger partial charge in [0.15, 0.2) is 11.6 Å². The molecule has 0 aliphatic heterocycles. The quantitative estimate of drug-likeness (QED) is 0.484. The lowest BCUT2D eigenvalue weighted by Crippen LogP contribution is -2.07. The summed E-state index contributed by atoms with van der Waals surface area (Å²) in [5.74, 6) is 0.383. The van der Waals surface area contributed by atoms with Gasteiger partial charge in [0, 0.05) is 17.2 Å². The van der Waals surface area contributed by atoms with Gasteiger partial charge in [0.1, 0.15) is 23.4 Å². The van der Waals surface area contributed by atoms with Gasteiger partial charge in [0.25, 0.3) is 0 Å². The molecule has 3 nitrogen and oxygen atoms in total. The van der Waals surface area contributed by atoms with E-state index in [2.05, 4.69) is 12.1 Å². The van der Waals surface area contributed by atoms with Crippen LogP contribution in [0.3, 0.4) is 0 Å². The summed E-state index contributed by atoms with van der Waals surface area (Å²) in [5, 5.41) is 8.91. The molecule has 1 fully saturated rings. The van der Waals surface area contributed by atoms with Gasteiger partial charge in [-0.3, -0.25) is 0 Å². The third kappa shape index (κ3) is 3.50. The number of hydrogen-bond acceptors (Lipinski definition) is 3. The molecule has 0 N–H and O–H groups in total. The fourth-order valence-corrected chi connectivity index (χ4v) is 4.02. The summed E-state index contributed by atoms with van der Waals surface area (Å²) in [5.41, 5.74) is 2.64. The van der Waals surface area contributed by atoms with Crippen LogP contribution in [0.2, 0.25) is 0 Å². The van der Waals surface area contributed by atoms with Crippen molar-refractivity contribution in [3.05, 3.63) is 88.5 Å². The van der Waals surface area contributed by atoms with Crippen molar-refractivity contribution < 1.29 is 18.3 Å². The summed E-state index contributed by atoms with van der Waals surface area (Å²) >= 11 is 0. The Kier molecular flexibility index (Phi) is 4.63. The first kappa shape index (κ1) is 18.6. The molecule has 1 atom stereocenters. The number of nitriles is 1. The van der Waals surface area contributed by atoms with E-state index in [1.165, 1.54) is 18.4 Å². The Hall–Kier alpha value is -3.39. The minimum atomic E-state index is -0.745. The Balaban J connectivity index is 1.41. The summed E-state index contributed by atoms with van der Waals surface area (Å²) in [4.78, 5) is 0. The number of rotatable bonds is 5. The smallest absolute Gasteiger partial charge is 0.168 e. The van der Waals surface area contributed by atoms with E-state index in [9.17, 15) is 8.78 Å². The van der Waals surface area contributed by atoms with Gasteiger partial charge in [-0.05, 0) is 73.6 Å². The summed E-state index contributed by atoms with van der Waals surface area (Å²) in [7, 11) is 0. The molecule has 30 heavy (non-hydrogen) atoms. The van der Waals surface area contributed by atoms with Gasteiger partial charge in [-0.2, -0.15) is 5.26 Å². The fourth-order valence-electron chi connectivity index (χ4n) is 4.02. The minimum absolute atomic E-state index is 0.0197. The van der Waals surface area contributed by atoms with Crippen LogP contribution >= 0.6 is 0 Å². The van der Waals surface area contributed by atoms with Crippen LogP contribution in [0.1, 0.15) is 53.5 Å². The topological polar surface area (TPSA) is 42.2 Å². The van der Waals surface area contributed by atoms with Crippen molar-refractivity contribution in [2.75, 3.05) is 0 Å². The second-order valence-corrected chi connectivity index (χ2v) is 7.79. The SMILES string of the molecule is N#Cc1ccc(Oc2c(F)cc(F)c3c2CCC3Oc2ccc(C3CC3)cc2)cc1. The van der Waals surface area contributed by atoms with Crippen LogP contribution in [0.15, 0.2) is 54.6 Å². The van der Waals surface area contributed by atoms with Gasteiger partial charge in [-0.25, -0.2) is 8.78 Å². The van der Waals surface area contributed by atoms with Crippen LogP contribution in [-0.2, 0) is 6.42 Å². The molecule has 0 radical (unpaired) electrons. The summed E-state index contributed by atoms with van der Waals surface area (Å²) in [6.07, 6.45) is 2.98. The van der Waals surface area contributed by atoms with Gasteiger partial charge in [-0.1, -0.05) is 12.1 Å². The van der Waals surface area contributed by atoms with Gasteiger partial charge in [0.05, 0.1) is 11.6 Å². The highest BCUT2D eigenvalue weighted by Gasteiger charge is 2.33. The second kappa shape index (κ2) is 7.46. The molecule has 0 heterocycles. The fraction of sp³-hybridized carbons (Fsp3) is 0.240. The third-order valence-electron chi connectivity index (χ3n) is 5.72. The average molecular weight is 403 g/mol. The van der Waals surface area contributed by atoms with Crippen LogP contribution in [0.4, 0.5) is 8.78 Å². The molecule has 3 aromatic rings. The van der Waals surface area contributed by atoms with Gasteiger partial charge < -0.3 is 9.47 Å². The van der Waals surface area contributed by atoms with Crippen molar-refractivity contribution in [1.82, 2.24) is 0 Å². The Morgan fingerprint density at radius 2 is 1.57 bits per heavy atom. The molecule has 2 aliphatic carbocycles. The van der Waals surface area contributed by atoms with E-state index < -0.39 is 17.7 Å². The highest BCUT2D eigenvalue weighted by Crippen LogP contribution is 2.44. The predicted molar refractivity (Wildman–Crippen MR) is 108 cm³/mol. The number of hydrogen-bond donors (Lipinski definition) is 0. The van der Waals surface area contributed by atoms with Crippen LogP contribution in [0.25, 0.3) is 0 Å². The van der Waals surface area contributed by atoms with E-state index in [-0.39, 0.29) is 5.75 Å². The molecule has 0 spiro atoms. The zero-order chi connectivity index (χ0) is 20.7. The highest BCUT2D eigenvalue weighted by atomic mass is 19.1. The van der Waals surface area contributed by atoms with E-state index >= 15 is 0 Å². The number of ether oxygens (including phenoxy) is 2. The molecule has 0 amide bonds. The second-order valence-electron chi connectivity index (χ2n) is 7.79. The summed E-state index contributed by atoms with van der Waals surface area (Å²) in [6.45, 7) is 0. The number of halogens is 2. The molecule has 0 saturated heterocycles. The van der Waals surface area contributed by atoms with Crippen LogP contribution in [0, 0.1) is 23.0 Å². The zero-order valence-electron chi connectivity index (χ0n) is 16.2. The van der Waals surface area contributed by atoms with Crippen LogP contribution in [0.5, 0.6) is 17.2 Å². The maximum absolute atomic E-state index is 14.7. The van der Waals surface area contributed by atoms with Crippen LogP contribution < -0.4 is 9.47 Å². The van der Waals surface area contributed by atoms with Gasteiger partial charge in [-0.15, -0.1) is 0 Å². The largest absolute Gasteiger partial charge is 0.486 e. The first-order chi connectivity index (χ1) is 14.6. The molecule has 5 rings (SSSR count). The Bertz CT molecular complexity index is 1130. The third-order valence-corrected chi connectivity index (χ3v) is 5.72. The molecule has 0 bridgehead atoms. The van der Waals surface area contributed by atoms with Gasteiger partial charge >= 0.3 is 0 Å². The lowest BCUT2D eigenvalue weighted by atomic mass is 10.1. The predicted octanol–water partition coefficient (Wildman–Crippen LogP) is 6.57.